The maximum atomic E-state index is 10.8. The van der Waals surface area contributed by atoms with Crippen molar-refractivity contribution in [2.45, 2.75) is 11.8 Å². The van der Waals surface area contributed by atoms with Crippen LogP contribution >= 0.6 is 7.60 Å². The number of hydrogen-bond donors (Lipinski definition) is 4. The molecule has 7 nitrogen and oxygen atoms in total. The highest BCUT2D eigenvalue weighted by atomic mass is 31.2. The molecule has 0 aromatic heterocycles. The third-order valence-corrected chi connectivity index (χ3v) is 3.11. The average molecular weight is 227 g/mol. The van der Waals surface area contributed by atoms with Gasteiger partial charge in [-0.15, -0.1) is 0 Å². The van der Waals surface area contributed by atoms with Gasteiger partial charge in [0.25, 0.3) is 5.34 Å². The van der Waals surface area contributed by atoms with E-state index in [0.717, 1.165) is 0 Å². The molecule has 0 aliphatic rings. The summed E-state index contributed by atoms with van der Waals surface area (Å²) in [6.45, 7) is 0.0634. The average Bonchev–Trinajstić information content (AvgIpc) is 1.97. The first-order valence-corrected chi connectivity index (χ1v) is 5.38. The molecular formula is C6H14NO6P. The van der Waals surface area contributed by atoms with Crippen LogP contribution in [-0.2, 0) is 9.36 Å². The van der Waals surface area contributed by atoms with E-state index in [1.807, 2.05) is 0 Å². The summed E-state index contributed by atoms with van der Waals surface area (Å²) in [5.41, 5.74) is 0. The first kappa shape index (κ1) is 13.5. The quantitative estimate of drug-likeness (QED) is 0.439. The Morgan fingerprint density at radius 3 is 2.07 bits per heavy atom. The van der Waals surface area contributed by atoms with Gasteiger partial charge in [-0.05, 0) is 14.1 Å². The summed E-state index contributed by atoms with van der Waals surface area (Å²) < 4.78 is 10.8. The van der Waals surface area contributed by atoms with Crippen molar-refractivity contribution in [3.8, 4) is 0 Å². The third kappa shape index (κ3) is 3.04. The summed E-state index contributed by atoms with van der Waals surface area (Å²) in [6, 6.07) is 0. The Balaban J connectivity index is 4.76. The van der Waals surface area contributed by atoms with Gasteiger partial charge in [0.15, 0.2) is 0 Å². The van der Waals surface area contributed by atoms with Crippen LogP contribution in [0.1, 0.15) is 6.42 Å². The maximum absolute atomic E-state index is 10.8. The lowest BCUT2D eigenvalue weighted by Gasteiger charge is -2.25. The molecule has 0 aliphatic carbocycles. The van der Waals surface area contributed by atoms with Gasteiger partial charge >= 0.3 is 13.6 Å². The number of carbonyl (C=O) groups is 1. The molecule has 14 heavy (non-hydrogen) atoms. The van der Waals surface area contributed by atoms with Crippen LogP contribution < -0.4 is 0 Å². The van der Waals surface area contributed by atoms with Crippen LogP contribution in [0.4, 0.5) is 0 Å². The highest BCUT2D eigenvalue weighted by molar-refractivity contribution is 7.54. The summed E-state index contributed by atoms with van der Waals surface area (Å²) in [6.07, 6.45) is -0.528. The van der Waals surface area contributed by atoms with Crippen LogP contribution in [0.5, 0.6) is 0 Å². The molecule has 4 N–H and O–H groups in total. The molecule has 0 fully saturated rings. The van der Waals surface area contributed by atoms with Crippen molar-refractivity contribution < 1.29 is 29.4 Å². The number of aliphatic carboxylic acids is 1. The Hall–Kier alpha value is -0.460. The minimum atomic E-state index is -5.07. The maximum Gasteiger partial charge on any atom is 0.368 e. The molecule has 0 saturated heterocycles. The second-order valence-corrected chi connectivity index (χ2v) is 5.05. The van der Waals surface area contributed by atoms with E-state index in [1.165, 1.54) is 4.90 Å². The number of carboxylic acid groups (broad SMARTS) is 1. The number of carboxylic acids is 1. The number of hydrogen-bond acceptors (Lipinski definition) is 4. The molecule has 0 rings (SSSR count). The molecule has 0 saturated carbocycles. The minimum absolute atomic E-state index is 0.0634. The summed E-state index contributed by atoms with van der Waals surface area (Å²) >= 11 is 0. The zero-order chi connectivity index (χ0) is 11.6. The van der Waals surface area contributed by atoms with Gasteiger partial charge in [0.05, 0.1) is 0 Å². The van der Waals surface area contributed by atoms with Gasteiger partial charge in [0, 0.05) is 13.0 Å². The van der Waals surface area contributed by atoms with Crippen molar-refractivity contribution in [3.05, 3.63) is 0 Å². The van der Waals surface area contributed by atoms with E-state index >= 15 is 0 Å². The molecule has 8 heteroatoms. The van der Waals surface area contributed by atoms with Crippen LogP contribution in [0.15, 0.2) is 0 Å². The minimum Gasteiger partial charge on any atom is -0.479 e. The Bertz CT molecular complexity index is 261. The molecular weight excluding hydrogens is 213 g/mol. The van der Waals surface area contributed by atoms with E-state index < -0.39 is 25.3 Å². The normalized spacial score (nSPS) is 16.7. The molecule has 0 spiro atoms. The van der Waals surface area contributed by atoms with E-state index in [1.54, 1.807) is 14.1 Å². The van der Waals surface area contributed by atoms with Gasteiger partial charge in [0.2, 0.25) is 0 Å². The van der Waals surface area contributed by atoms with Crippen LogP contribution in [-0.4, -0.2) is 56.9 Å². The van der Waals surface area contributed by atoms with Crippen molar-refractivity contribution >= 4 is 13.6 Å². The molecule has 1 atom stereocenters. The zero-order valence-corrected chi connectivity index (χ0v) is 8.81. The molecule has 84 valence electrons. The second kappa shape index (κ2) is 4.37. The predicted octanol–water partition coefficient (Wildman–Crippen LogP) is -1.11. The number of aliphatic hydroxyl groups is 1. The van der Waals surface area contributed by atoms with Gasteiger partial charge in [-0.25, -0.2) is 4.79 Å². The van der Waals surface area contributed by atoms with Crippen molar-refractivity contribution in [2.75, 3.05) is 20.6 Å². The first-order valence-electron chi connectivity index (χ1n) is 3.77. The highest BCUT2D eigenvalue weighted by Gasteiger charge is 2.52. The van der Waals surface area contributed by atoms with E-state index in [-0.39, 0.29) is 6.54 Å². The van der Waals surface area contributed by atoms with Gasteiger partial charge in [0.1, 0.15) is 0 Å². The zero-order valence-electron chi connectivity index (χ0n) is 7.91. The van der Waals surface area contributed by atoms with Crippen molar-refractivity contribution in [3.63, 3.8) is 0 Å². The van der Waals surface area contributed by atoms with Crippen LogP contribution in [0, 0.1) is 0 Å². The molecule has 0 radical (unpaired) electrons. The second-order valence-electron chi connectivity index (χ2n) is 3.22. The molecule has 0 aromatic rings. The molecule has 0 aromatic carbocycles. The van der Waals surface area contributed by atoms with Crippen molar-refractivity contribution in [1.29, 1.82) is 0 Å². The lowest BCUT2D eigenvalue weighted by atomic mass is 10.2. The number of rotatable bonds is 5. The Morgan fingerprint density at radius 1 is 1.43 bits per heavy atom. The largest absolute Gasteiger partial charge is 0.479 e. The van der Waals surface area contributed by atoms with E-state index in [9.17, 15) is 14.5 Å². The van der Waals surface area contributed by atoms with Crippen LogP contribution in [0.25, 0.3) is 0 Å². The Labute approximate surface area is 81.1 Å². The Morgan fingerprint density at radius 2 is 1.86 bits per heavy atom. The summed E-state index contributed by atoms with van der Waals surface area (Å²) in [5.74, 6) is -1.91. The van der Waals surface area contributed by atoms with E-state index in [2.05, 4.69) is 0 Å². The summed E-state index contributed by atoms with van der Waals surface area (Å²) in [4.78, 5) is 29.4. The lowest BCUT2D eigenvalue weighted by Crippen LogP contribution is -2.40. The lowest BCUT2D eigenvalue weighted by molar-refractivity contribution is -0.152. The van der Waals surface area contributed by atoms with Gasteiger partial charge in [-0.1, -0.05) is 0 Å². The van der Waals surface area contributed by atoms with Gasteiger partial charge in [-0.2, -0.15) is 0 Å². The smallest absolute Gasteiger partial charge is 0.368 e. The molecule has 0 amide bonds. The van der Waals surface area contributed by atoms with Crippen molar-refractivity contribution in [1.82, 2.24) is 4.90 Å². The molecule has 0 heterocycles. The van der Waals surface area contributed by atoms with E-state index in [4.69, 9.17) is 14.9 Å². The van der Waals surface area contributed by atoms with Crippen LogP contribution in [0.2, 0.25) is 0 Å². The summed E-state index contributed by atoms with van der Waals surface area (Å²) in [7, 11) is -1.87. The van der Waals surface area contributed by atoms with Gasteiger partial charge in [-0.3, -0.25) is 4.57 Å². The third-order valence-electron chi connectivity index (χ3n) is 1.73. The fourth-order valence-electron chi connectivity index (χ4n) is 0.757. The molecule has 0 bridgehead atoms. The predicted molar refractivity (Wildman–Crippen MR) is 47.8 cm³/mol. The highest BCUT2D eigenvalue weighted by Crippen LogP contribution is 2.50. The fraction of sp³-hybridized carbons (Fsp3) is 0.833. The SMILES string of the molecule is CN(C)CCC(O)(C(=O)O)P(=O)(O)O. The monoisotopic (exact) mass is 227 g/mol. The topological polar surface area (TPSA) is 118 Å². The van der Waals surface area contributed by atoms with E-state index in [0.29, 0.717) is 0 Å². The van der Waals surface area contributed by atoms with Crippen molar-refractivity contribution in [2.24, 2.45) is 0 Å². The fourth-order valence-corrected chi connectivity index (χ4v) is 1.40. The molecule has 1 unspecified atom stereocenters. The first-order chi connectivity index (χ1) is 6.11. The summed E-state index contributed by atoms with van der Waals surface area (Å²) in [5, 5.41) is 14.8. The van der Waals surface area contributed by atoms with Gasteiger partial charge < -0.3 is 24.9 Å². The standard InChI is InChI=1S/C6H14NO6P/c1-7(2)4-3-6(10,5(8)9)14(11,12)13/h10H,3-4H2,1-2H3,(H,8,9)(H2,11,12,13). The van der Waals surface area contributed by atoms with Crippen LogP contribution in [0.3, 0.4) is 0 Å². The molecule has 0 aliphatic heterocycles. The number of nitrogens with zero attached hydrogens (tertiary/aromatic N) is 1. The Kier molecular flexibility index (Phi) is 4.23.